The van der Waals surface area contributed by atoms with Crippen LogP contribution in [0, 0.1) is 23.7 Å². The summed E-state index contributed by atoms with van der Waals surface area (Å²) < 4.78 is 24.5. The molecule has 0 amide bonds. The minimum atomic E-state index is 0.634. The normalized spacial score (nSPS) is 14.3. The Kier molecular flexibility index (Phi) is 12.8. The van der Waals surface area contributed by atoms with Crippen LogP contribution in [0.4, 0.5) is 0 Å². The highest BCUT2D eigenvalue weighted by atomic mass is 16.5. The predicted molar refractivity (Wildman–Crippen MR) is 233 cm³/mol. The van der Waals surface area contributed by atoms with E-state index in [9.17, 15) is 0 Å². The quantitative estimate of drug-likeness (QED) is 0.113. The fourth-order valence-corrected chi connectivity index (χ4v) is 6.98. The molecule has 0 N–H and O–H groups in total. The second-order valence-corrected chi connectivity index (χ2v) is 14.4. The summed E-state index contributed by atoms with van der Waals surface area (Å²) in [5.41, 5.74) is 7.32. The van der Waals surface area contributed by atoms with E-state index in [4.69, 9.17) is 28.9 Å². The monoisotopic (exact) mass is 762 g/mol. The van der Waals surface area contributed by atoms with E-state index in [-0.39, 0.29) is 0 Å². The van der Waals surface area contributed by atoms with Crippen molar-refractivity contribution in [2.24, 2.45) is 0 Å². The molecule has 58 heavy (non-hydrogen) atoms. The number of fused-ring (bicyclic) bond motifs is 2. The first kappa shape index (κ1) is 38.1. The molecule has 0 fully saturated rings. The first-order valence-electron chi connectivity index (χ1n) is 20.4. The van der Waals surface area contributed by atoms with Gasteiger partial charge in [0.1, 0.15) is 23.0 Å². The molecule has 3 aliphatic rings. The average Bonchev–Trinajstić information content (AvgIpc) is 3.27. The van der Waals surface area contributed by atoms with Crippen LogP contribution in [-0.2, 0) is 0 Å². The molecule has 0 unspecified atom stereocenters. The maximum atomic E-state index is 6.13. The van der Waals surface area contributed by atoms with Gasteiger partial charge in [-0.25, -0.2) is 9.97 Å². The Morgan fingerprint density at radius 2 is 0.741 bits per heavy atom. The van der Waals surface area contributed by atoms with Crippen LogP contribution in [0.1, 0.15) is 62.5 Å². The maximum Gasteiger partial charge on any atom is 0.134 e. The van der Waals surface area contributed by atoms with Gasteiger partial charge in [-0.05, 0) is 160 Å². The van der Waals surface area contributed by atoms with Crippen LogP contribution in [0.15, 0.2) is 133 Å². The summed E-state index contributed by atoms with van der Waals surface area (Å²) in [4.78, 5) is 10.3. The van der Waals surface area contributed by atoms with Gasteiger partial charge in [0.2, 0.25) is 0 Å². The van der Waals surface area contributed by atoms with Crippen molar-refractivity contribution < 1.29 is 18.9 Å². The van der Waals surface area contributed by atoms with Crippen molar-refractivity contribution in [1.29, 1.82) is 0 Å². The molecule has 6 nitrogen and oxygen atoms in total. The number of benzene rings is 5. The summed E-state index contributed by atoms with van der Waals surface area (Å²) in [6.07, 6.45) is 8.11. The molecule has 0 radical (unpaired) electrons. The van der Waals surface area contributed by atoms with Crippen LogP contribution in [-0.4, -0.2) is 36.4 Å². The number of rotatable bonds is 0. The second kappa shape index (κ2) is 19.4. The Labute approximate surface area is 341 Å². The molecule has 10 rings (SSSR count). The van der Waals surface area contributed by atoms with E-state index in [0.29, 0.717) is 26.4 Å². The largest absolute Gasteiger partial charge is 0.494 e. The second-order valence-electron chi connectivity index (χ2n) is 14.4. The summed E-state index contributed by atoms with van der Waals surface area (Å²) in [7, 11) is 0. The van der Waals surface area contributed by atoms with Crippen LogP contribution >= 0.6 is 0 Å². The van der Waals surface area contributed by atoms with E-state index in [0.717, 1.165) is 130 Å². The van der Waals surface area contributed by atoms with E-state index < -0.39 is 0 Å². The number of para-hydroxylation sites is 2. The van der Waals surface area contributed by atoms with Gasteiger partial charge < -0.3 is 18.9 Å². The number of hydrogen-bond acceptors (Lipinski definition) is 6. The number of aromatic nitrogens is 2. The Morgan fingerprint density at radius 1 is 0.362 bits per heavy atom. The van der Waals surface area contributed by atoms with E-state index in [1.54, 1.807) is 0 Å². The molecule has 2 aromatic heterocycles. The lowest BCUT2D eigenvalue weighted by Crippen LogP contribution is -2.01. The third kappa shape index (κ3) is 9.96. The minimum absolute atomic E-state index is 0.634. The first-order chi connectivity index (χ1) is 28.8. The lowest BCUT2D eigenvalue weighted by molar-refractivity contribution is 0.287. The molecular formula is C52H46N2O4. The summed E-state index contributed by atoms with van der Waals surface area (Å²) in [6, 6.07) is 44.8. The molecule has 3 aliphatic heterocycles. The van der Waals surface area contributed by atoms with Crippen molar-refractivity contribution in [3.8, 4) is 69.2 Å². The molecular weight excluding hydrogens is 717 g/mol. The summed E-state index contributed by atoms with van der Waals surface area (Å²) >= 11 is 0. The van der Waals surface area contributed by atoms with Crippen LogP contribution in [0.3, 0.4) is 0 Å². The van der Waals surface area contributed by atoms with Gasteiger partial charge in [0.05, 0.1) is 60.0 Å². The summed E-state index contributed by atoms with van der Waals surface area (Å²) in [6.45, 7) is 2.60. The van der Waals surface area contributed by atoms with Crippen molar-refractivity contribution in [3.05, 3.63) is 145 Å². The number of ether oxygens (including phenoxy) is 4. The smallest absolute Gasteiger partial charge is 0.134 e. The lowest BCUT2D eigenvalue weighted by atomic mass is 10.1. The van der Waals surface area contributed by atoms with Crippen molar-refractivity contribution in [2.75, 3.05) is 26.4 Å². The maximum absolute atomic E-state index is 6.13. The van der Waals surface area contributed by atoms with Gasteiger partial charge in [-0.3, -0.25) is 0 Å². The van der Waals surface area contributed by atoms with E-state index in [1.165, 1.54) is 0 Å². The highest BCUT2D eigenvalue weighted by Crippen LogP contribution is 2.30. The van der Waals surface area contributed by atoms with Gasteiger partial charge in [-0.1, -0.05) is 48.5 Å². The molecule has 0 atom stereocenters. The zero-order chi connectivity index (χ0) is 39.2. The fraction of sp³-hybridized carbons (Fsp3) is 0.231. The number of nitrogens with zero attached hydrogens (tertiary/aromatic N) is 2. The highest BCUT2D eigenvalue weighted by molar-refractivity contribution is 6.04. The highest BCUT2D eigenvalue weighted by Gasteiger charge is 2.10. The minimum Gasteiger partial charge on any atom is -0.494 e. The molecule has 5 heterocycles. The molecule has 288 valence electrons. The van der Waals surface area contributed by atoms with Gasteiger partial charge in [0.15, 0.2) is 0 Å². The van der Waals surface area contributed by atoms with E-state index in [1.807, 2.05) is 72.8 Å². The topological polar surface area (TPSA) is 62.7 Å². The van der Waals surface area contributed by atoms with Crippen molar-refractivity contribution in [1.82, 2.24) is 9.97 Å². The Morgan fingerprint density at radius 3 is 1.17 bits per heavy atom. The summed E-state index contributed by atoms with van der Waals surface area (Å²) in [5.74, 6) is 15.7. The Balaban J connectivity index is 0.960. The van der Waals surface area contributed by atoms with Gasteiger partial charge in [0, 0.05) is 21.9 Å². The van der Waals surface area contributed by atoms with Crippen LogP contribution in [0.5, 0.6) is 23.0 Å². The van der Waals surface area contributed by atoms with E-state index in [2.05, 4.69) is 84.3 Å². The van der Waals surface area contributed by atoms with Crippen LogP contribution in [0.25, 0.3) is 44.3 Å². The van der Waals surface area contributed by atoms with Gasteiger partial charge >= 0.3 is 0 Å². The molecule has 0 saturated heterocycles. The molecule has 6 heteroatoms. The number of pyridine rings is 2. The average molecular weight is 763 g/mol. The van der Waals surface area contributed by atoms with Crippen molar-refractivity contribution in [2.45, 2.75) is 51.4 Å². The number of hydrogen-bond donors (Lipinski definition) is 0. The van der Waals surface area contributed by atoms with Crippen molar-refractivity contribution in [3.63, 3.8) is 0 Å². The standard InChI is InChI=1S/C52H46N2O4/c1-3-13-37-57-49-19-9-7-17-41(49)15-5-6-16-42-18-8-10-20-50(42)58-38-14-4-2-12-36-56-46-31-25-40(26-32-46)48-34-28-44-22-21-43-27-33-47(53-51(43)52(44)54-48)39-23-29-45(30-24-39)55-35-11-1/h7-10,17-34H,1-4,11-14,35-38H2. The van der Waals surface area contributed by atoms with Crippen molar-refractivity contribution >= 4 is 21.8 Å². The Hall–Kier alpha value is -6.76. The van der Waals surface area contributed by atoms with Gasteiger partial charge in [0.25, 0.3) is 0 Å². The molecule has 5 aromatic carbocycles. The first-order valence-corrected chi connectivity index (χ1v) is 20.4. The predicted octanol–water partition coefficient (Wildman–Crippen LogP) is 11.9. The third-order valence-corrected chi connectivity index (χ3v) is 10.2. The van der Waals surface area contributed by atoms with Crippen LogP contribution < -0.4 is 18.9 Å². The molecule has 8 bridgehead atoms. The Bertz CT molecular complexity index is 2410. The summed E-state index contributed by atoms with van der Waals surface area (Å²) in [5, 5.41) is 2.12. The lowest BCUT2D eigenvalue weighted by Gasteiger charge is -2.10. The van der Waals surface area contributed by atoms with Crippen LogP contribution in [0.2, 0.25) is 0 Å². The van der Waals surface area contributed by atoms with Gasteiger partial charge in [-0.2, -0.15) is 0 Å². The molecule has 7 aromatic rings. The zero-order valence-corrected chi connectivity index (χ0v) is 32.7. The fourth-order valence-electron chi connectivity index (χ4n) is 6.98. The van der Waals surface area contributed by atoms with Gasteiger partial charge in [-0.15, -0.1) is 0 Å². The van der Waals surface area contributed by atoms with E-state index >= 15 is 0 Å². The zero-order valence-electron chi connectivity index (χ0n) is 32.7. The third-order valence-electron chi connectivity index (χ3n) is 10.2. The molecule has 0 spiro atoms. The SMILES string of the molecule is C1#Cc2ccccc2OCCCCCCOc2ccc(cc2)-c2ccc3ccc4ccc(nc4c3n2)-c2ccc(cc2)OCCCCCCOc2ccccc2C#C1. The molecule has 0 aliphatic carbocycles. The molecule has 0 saturated carbocycles.